The van der Waals surface area contributed by atoms with E-state index in [-0.39, 0.29) is 0 Å². The highest BCUT2D eigenvalue weighted by molar-refractivity contribution is 9.08. The Hall–Kier alpha value is -0.380. The normalized spacial score (nSPS) is 19.2. The molecule has 0 amide bonds. The van der Waals surface area contributed by atoms with Gasteiger partial charge in [-0.25, -0.2) is 0 Å². The second-order valence-corrected chi connectivity index (χ2v) is 5.22. The van der Waals surface area contributed by atoms with Gasteiger partial charge in [-0.1, -0.05) is 35.7 Å². The summed E-state index contributed by atoms with van der Waals surface area (Å²) in [5, 5.41) is 9.57. The summed E-state index contributed by atoms with van der Waals surface area (Å²) in [6.45, 7) is 5.44. The van der Waals surface area contributed by atoms with Crippen LogP contribution in [0.5, 0.6) is 0 Å². The third-order valence-electron chi connectivity index (χ3n) is 3.97. The number of hydrogen-bond donors (Lipinski definition) is 0. The molecule has 1 aliphatic carbocycles. The number of halogens is 1. The predicted molar refractivity (Wildman–Crippen MR) is 68.8 cm³/mol. The highest BCUT2D eigenvalue weighted by Gasteiger charge is 2.38. The molecule has 1 saturated carbocycles. The summed E-state index contributed by atoms with van der Waals surface area (Å²) < 4.78 is 2.30. The average Bonchev–Trinajstić information content (AvgIpc) is 2.95. The van der Waals surface area contributed by atoms with Gasteiger partial charge in [0.05, 0.1) is 5.33 Å². The van der Waals surface area contributed by atoms with Crippen molar-refractivity contribution in [2.75, 3.05) is 0 Å². The van der Waals surface area contributed by atoms with E-state index in [4.69, 9.17) is 0 Å². The lowest BCUT2D eigenvalue weighted by molar-refractivity contribution is 0.379. The van der Waals surface area contributed by atoms with E-state index in [1.165, 1.54) is 37.9 Å². The van der Waals surface area contributed by atoms with E-state index in [0.29, 0.717) is 5.41 Å². The molecule has 0 aliphatic heterocycles. The third kappa shape index (κ3) is 1.81. The molecule has 0 radical (unpaired) electrons. The zero-order chi connectivity index (χ0) is 11.6. The summed E-state index contributed by atoms with van der Waals surface area (Å²) >= 11 is 3.49. The molecule has 90 valence electrons. The number of hydrogen-bond acceptors (Lipinski definition) is 2. The molecule has 16 heavy (non-hydrogen) atoms. The molecular formula is C12H20BrN3. The van der Waals surface area contributed by atoms with Gasteiger partial charge in [-0.2, -0.15) is 0 Å². The van der Waals surface area contributed by atoms with Crippen molar-refractivity contribution in [2.24, 2.45) is 0 Å². The van der Waals surface area contributed by atoms with Crippen LogP contribution < -0.4 is 0 Å². The van der Waals surface area contributed by atoms with Crippen molar-refractivity contribution in [3.63, 3.8) is 0 Å². The molecule has 1 aromatic rings. The Balaban J connectivity index is 2.41. The van der Waals surface area contributed by atoms with Gasteiger partial charge >= 0.3 is 0 Å². The van der Waals surface area contributed by atoms with E-state index in [1.54, 1.807) is 0 Å². The van der Waals surface area contributed by atoms with Crippen LogP contribution in [0.15, 0.2) is 0 Å². The molecule has 0 bridgehead atoms. The molecule has 1 heterocycles. The standard InChI is InChI=1S/C12H20BrN3/c1-3-12(7-5-6-8-12)11-15-14-10(9-13)16(11)4-2/h3-9H2,1-2H3. The first-order chi connectivity index (χ1) is 7.77. The summed E-state index contributed by atoms with van der Waals surface area (Å²) in [5.74, 6) is 2.29. The Morgan fingerprint density at radius 1 is 1.25 bits per heavy atom. The molecule has 1 fully saturated rings. The number of aromatic nitrogens is 3. The van der Waals surface area contributed by atoms with E-state index in [1.807, 2.05) is 0 Å². The van der Waals surface area contributed by atoms with Gasteiger partial charge in [-0.05, 0) is 26.2 Å². The van der Waals surface area contributed by atoms with Gasteiger partial charge in [0.15, 0.2) is 0 Å². The Bertz CT molecular complexity index is 353. The first-order valence-corrected chi connectivity index (χ1v) is 7.38. The zero-order valence-corrected chi connectivity index (χ0v) is 11.8. The molecule has 0 aromatic carbocycles. The van der Waals surface area contributed by atoms with Crippen molar-refractivity contribution in [3.05, 3.63) is 11.6 Å². The molecule has 0 spiro atoms. The fraction of sp³-hybridized carbons (Fsp3) is 0.833. The van der Waals surface area contributed by atoms with Crippen LogP contribution in [0, 0.1) is 0 Å². The lowest BCUT2D eigenvalue weighted by Gasteiger charge is -2.26. The molecular weight excluding hydrogens is 266 g/mol. The summed E-state index contributed by atoms with van der Waals surface area (Å²) in [7, 11) is 0. The quantitative estimate of drug-likeness (QED) is 0.794. The molecule has 1 aliphatic rings. The molecule has 1 aromatic heterocycles. The molecule has 2 rings (SSSR count). The van der Waals surface area contributed by atoms with Crippen molar-refractivity contribution in [2.45, 2.75) is 63.2 Å². The minimum Gasteiger partial charge on any atom is -0.314 e. The summed E-state index contributed by atoms with van der Waals surface area (Å²) in [4.78, 5) is 0. The number of rotatable bonds is 4. The maximum absolute atomic E-state index is 4.47. The van der Waals surface area contributed by atoms with Crippen molar-refractivity contribution in [3.8, 4) is 0 Å². The summed E-state index contributed by atoms with van der Waals surface area (Å²) in [6, 6.07) is 0. The third-order valence-corrected chi connectivity index (χ3v) is 4.48. The van der Waals surface area contributed by atoms with Crippen LogP contribution in [-0.4, -0.2) is 14.8 Å². The highest BCUT2D eigenvalue weighted by atomic mass is 79.9. The van der Waals surface area contributed by atoms with Crippen molar-refractivity contribution in [1.82, 2.24) is 14.8 Å². The van der Waals surface area contributed by atoms with Crippen LogP contribution in [0.3, 0.4) is 0 Å². The largest absolute Gasteiger partial charge is 0.314 e. The van der Waals surface area contributed by atoms with Gasteiger partial charge in [0, 0.05) is 12.0 Å². The van der Waals surface area contributed by atoms with Crippen LogP contribution in [-0.2, 0) is 17.3 Å². The average molecular weight is 286 g/mol. The lowest BCUT2D eigenvalue weighted by atomic mass is 9.82. The van der Waals surface area contributed by atoms with Crippen molar-refractivity contribution in [1.29, 1.82) is 0 Å². The zero-order valence-electron chi connectivity index (χ0n) is 10.2. The van der Waals surface area contributed by atoms with Crippen LogP contribution in [0.25, 0.3) is 0 Å². The Morgan fingerprint density at radius 2 is 1.94 bits per heavy atom. The van der Waals surface area contributed by atoms with Crippen molar-refractivity contribution < 1.29 is 0 Å². The molecule has 0 saturated heterocycles. The molecule has 4 heteroatoms. The smallest absolute Gasteiger partial charge is 0.143 e. The summed E-state index contributed by atoms with van der Waals surface area (Å²) in [5.41, 5.74) is 0.309. The topological polar surface area (TPSA) is 30.7 Å². The fourth-order valence-electron chi connectivity index (χ4n) is 2.95. The first-order valence-electron chi connectivity index (χ1n) is 6.26. The number of alkyl halides is 1. The first kappa shape index (κ1) is 12.1. The van der Waals surface area contributed by atoms with Gasteiger partial charge in [-0.3, -0.25) is 0 Å². The van der Waals surface area contributed by atoms with Crippen LogP contribution in [0.1, 0.15) is 57.6 Å². The number of nitrogens with zero attached hydrogens (tertiary/aromatic N) is 3. The van der Waals surface area contributed by atoms with Gasteiger partial charge in [0.2, 0.25) is 0 Å². The van der Waals surface area contributed by atoms with Crippen LogP contribution in [0.4, 0.5) is 0 Å². The molecule has 0 atom stereocenters. The van der Waals surface area contributed by atoms with Gasteiger partial charge in [0.1, 0.15) is 11.6 Å². The van der Waals surface area contributed by atoms with E-state index >= 15 is 0 Å². The summed E-state index contributed by atoms with van der Waals surface area (Å²) in [6.07, 6.45) is 6.43. The Labute approximate surface area is 106 Å². The van der Waals surface area contributed by atoms with E-state index in [0.717, 1.165) is 17.7 Å². The molecule has 0 unspecified atom stereocenters. The van der Waals surface area contributed by atoms with E-state index in [2.05, 4.69) is 44.5 Å². The lowest BCUT2D eigenvalue weighted by Crippen LogP contribution is -2.26. The maximum atomic E-state index is 4.47. The Kier molecular flexibility index (Phi) is 3.67. The predicted octanol–water partition coefficient (Wildman–Crippen LogP) is 3.41. The molecule has 3 nitrogen and oxygen atoms in total. The second kappa shape index (κ2) is 4.86. The monoisotopic (exact) mass is 285 g/mol. The maximum Gasteiger partial charge on any atom is 0.143 e. The fourth-order valence-corrected chi connectivity index (χ4v) is 3.36. The molecule has 0 N–H and O–H groups in total. The van der Waals surface area contributed by atoms with E-state index < -0.39 is 0 Å². The second-order valence-electron chi connectivity index (χ2n) is 4.66. The minimum absolute atomic E-state index is 0.309. The van der Waals surface area contributed by atoms with E-state index in [9.17, 15) is 0 Å². The minimum atomic E-state index is 0.309. The SMILES string of the molecule is CCn1c(CBr)nnc1C1(CC)CCCC1. The van der Waals surface area contributed by atoms with Gasteiger partial charge in [-0.15, -0.1) is 10.2 Å². The van der Waals surface area contributed by atoms with Crippen molar-refractivity contribution >= 4 is 15.9 Å². The van der Waals surface area contributed by atoms with Crippen LogP contribution in [0.2, 0.25) is 0 Å². The Morgan fingerprint density at radius 3 is 2.44 bits per heavy atom. The van der Waals surface area contributed by atoms with Crippen LogP contribution >= 0.6 is 15.9 Å². The van der Waals surface area contributed by atoms with Gasteiger partial charge in [0.25, 0.3) is 0 Å². The highest BCUT2D eigenvalue weighted by Crippen LogP contribution is 2.43. The van der Waals surface area contributed by atoms with Gasteiger partial charge < -0.3 is 4.57 Å².